The van der Waals surface area contributed by atoms with Crippen LogP contribution < -0.4 is 10.1 Å². The first-order valence-corrected chi connectivity index (χ1v) is 7.97. The molecule has 0 bridgehead atoms. The monoisotopic (exact) mass is 441 g/mol. The number of alkyl halides is 2. The number of methoxy groups -OCH3 is 1. The van der Waals surface area contributed by atoms with E-state index in [1.807, 2.05) is 25.1 Å². The molecule has 0 radical (unpaired) electrons. The van der Waals surface area contributed by atoms with Crippen molar-refractivity contribution in [2.45, 2.75) is 17.8 Å². The van der Waals surface area contributed by atoms with E-state index < -0.39 is 4.32 Å². The lowest BCUT2D eigenvalue weighted by molar-refractivity contribution is -0.122. The summed E-state index contributed by atoms with van der Waals surface area (Å²) >= 11 is 10.1. The SMILES string of the molecule is COc1ccc(CNC(=O)C(C)(Br)CBr)cc1Br. The van der Waals surface area contributed by atoms with Gasteiger partial charge in [0.15, 0.2) is 0 Å². The molecule has 0 aliphatic rings. The Morgan fingerprint density at radius 3 is 2.67 bits per heavy atom. The third-order valence-corrected chi connectivity index (χ3v) is 5.53. The first-order valence-electron chi connectivity index (χ1n) is 5.26. The summed E-state index contributed by atoms with van der Waals surface area (Å²) in [5, 5.41) is 3.43. The summed E-state index contributed by atoms with van der Waals surface area (Å²) in [5.41, 5.74) is 1.01. The normalized spacial score (nSPS) is 13.8. The molecule has 1 unspecified atom stereocenters. The van der Waals surface area contributed by atoms with Gasteiger partial charge in [-0.05, 0) is 40.5 Å². The van der Waals surface area contributed by atoms with Gasteiger partial charge in [-0.25, -0.2) is 0 Å². The van der Waals surface area contributed by atoms with Gasteiger partial charge >= 0.3 is 0 Å². The Bertz CT molecular complexity index is 435. The second-order valence-electron chi connectivity index (χ2n) is 3.98. The molecule has 1 amide bonds. The average molecular weight is 444 g/mol. The van der Waals surface area contributed by atoms with Crippen molar-refractivity contribution >= 4 is 53.7 Å². The van der Waals surface area contributed by atoms with Gasteiger partial charge in [0.05, 0.1) is 11.6 Å². The van der Waals surface area contributed by atoms with Crippen LogP contribution in [-0.4, -0.2) is 22.7 Å². The van der Waals surface area contributed by atoms with E-state index in [0.29, 0.717) is 11.9 Å². The molecule has 6 heteroatoms. The van der Waals surface area contributed by atoms with Crippen LogP contribution in [0.25, 0.3) is 0 Å². The van der Waals surface area contributed by atoms with Crippen molar-refractivity contribution < 1.29 is 9.53 Å². The maximum atomic E-state index is 11.9. The Kier molecular flexibility index (Phi) is 6.14. The Balaban J connectivity index is 2.64. The minimum atomic E-state index is -0.587. The summed E-state index contributed by atoms with van der Waals surface area (Å²) in [6.45, 7) is 2.30. The fourth-order valence-electron chi connectivity index (χ4n) is 1.25. The minimum absolute atomic E-state index is 0.0497. The van der Waals surface area contributed by atoms with E-state index in [1.54, 1.807) is 7.11 Å². The average Bonchev–Trinajstić information content (AvgIpc) is 2.36. The Morgan fingerprint density at radius 2 is 2.17 bits per heavy atom. The lowest BCUT2D eigenvalue weighted by Gasteiger charge is -2.18. The standard InChI is InChI=1S/C12H14Br3NO2/c1-12(15,7-13)11(17)16-6-8-3-4-10(18-2)9(14)5-8/h3-5H,6-7H2,1-2H3,(H,16,17). The van der Waals surface area contributed by atoms with E-state index in [1.165, 1.54) is 0 Å². The van der Waals surface area contributed by atoms with Crippen LogP contribution in [0, 0.1) is 0 Å². The second-order valence-corrected chi connectivity index (χ2v) is 7.15. The summed E-state index contributed by atoms with van der Waals surface area (Å²) in [6.07, 6.45) is 0. The van der Waals surface area contributed by atoms with Crippen molar-refractivity contribution in [3.8, 4) is 5.75 Å². The van der Waals surface area contributed by atoms with Crippen LogP contribution in [0.4, 0.5) is 0 Å². The first kappa shape index (κ1) is 16.0. The topological polar surface area (TPSA) is 38.3 Å². The molecule has 3 nitrogen and oxygen atoms in total. The highest BCUT2D eigenvalue weighted by molar-refractivity contribution is 9.12. The number of benzene rings is 1. The van der Waals surface area contributed by atoms with Gasteiger partial charge in [0.2, 0.25) is 5.91 Å². The number of amides is 1. The number of hydrogen-bond acceptors (Lipinski definition) is 2. The fourth-order valence-corrected chi connectivity index (χ4v) is 2.23. The first-order chi connectivity index (χ1) is 8.40. The van der Waals surface area contributed by atoms with Crippen molar-refractivity contribution in [2.75, 3.05) is 12.4 Å². The highest BCUT2D eigenvalue weighted by Crippen LogP contribution is 2.25. The molecule has 0 heterocycles. The van der Waals surface area contributed by atoms with Crippen LogP contribution in [0.1, 0.15) is 12.5 Å². The second kappa shape index (κ2) is 6.91. The highest BCUT2D eigenvalue weighted by atomic mass is 79.9. The van der Waals surface area contributed by atoms with Gasteiger partial charge in [-0.15, -0.1) is 0 Å². The molecule has 0 aliphatic heterocycles. The molecule has 0 aromatic heterocycles. The highest BCUT2D eigenvalue weighted by Gasteiger charge is 2.28. The van der Waals surface area contributed by atoms with Gasteiger partial charge in [0.1, 0.15) is 10.1 Å². The summed E-state index contributed by atoms with van der Waals surface area (Å²) in [5.74, 6) is 0.724. The van der Waals surface area contributed by atoms with Crippen LogP contribution >= 0.6 is 47.8 Å². The minimum Gasteiger partial charge on any atom is -0.496 e. The molecule has 0 spiro atoms. The fraction of sp³-hybridized carbons (Fsp3) is 0.417. The molecule has 1 rings (SSSR count). The number of carbonyl (C=O) groups excluding carboxylic acids is 1. The number of halogens is 3. The molecule has 1 aromatic rings. The zero-order chi connectivity index (χ0) is 13.8. The van der Waals surface area contributed by atoms with Gasteiger partial charge in [0.25, 0.3) is 0 Å². The zero-order valence-corrected chi connectivity index (χ0v) is 14.9. The molecule has 0 saturated carbocycles. The molecule has 1 atom stereocenters. The molecular formula is C12H14Br3NO2. The van der Waals surface area contributed by atoms with Crippen LogP contribution in [0.15, 0.2) is 22.7 Å². The molecule has 0 saturated heterocycles. The van der Waals surface area contributed by atoms with E-state index in [-0.39, 0.29) is 5.91 Å². The maximum Gasteiger partial charge on any atom is 0.237 e. The van der Waals surface area contributed by atoms with Crippen LogP contribution in [-0.2, 0) is 11.3 Å². The van der Waals surface area contributed by atoms with E-state index >= 15 is 0 Å². The lowest BCUT2D eigenvalue weighted by atomic mass is 10.2. The number of nitrogens with one attached hydrogen (secondary N) is 1. The van der Waals surface area contributed by atoms with Gasteiger partial charge < -0.3 is 10.1 Å². The third kappa shape index (κ3) is 4.24. The third-order valence-electron chi connectivity index (χ3n) is 2.39. The van der Waals surface area contributed by atoms with Gasteiger partial charge in [0, 0.05) is 11.9 Å². The van der Waals surface area contributed by atoms with E-state index in [4.69, 9.17) is 4.74 Å². The van der Waals surface area contributed by atoms with Gasteiger partial charge in [-0.2, -0.15) is 0 Å². The number of carbonyl (C=O) groups is 1. The largest absolute Gasteiger partial charge is 0.496 e. The predicted molar refractivity (Wildman–Crippen MR) is 83.7 cm³/mol. The Morgan fingerprint density at radius 1 is 1.50 bits per heavy atom. The van der Waals surface area contributed by atoms with Crippen LogP contribution in [0.5, 0.6) is 5.75 Å². The summed E-state index contributed by atoms with van der Waals surface area (Å²) in [6, 6.07) is 5.71. The summed E-state index contributed by atoms with van der Waals surface area (Å²) in [7, 11) is 1.62. The van der Waals surface area contributed by atoms with Gasteiger partial charge in [-0.3, -0.25) is 4.79 Å². The Labute approximate surface area is 132 Å². The molecule has 0 aliphatic carbocycles. The maximum absolute atomic E-state index is 11.9. The smallest absolute Gasteiger partial charge is 0.237 e. The molecule has 1 aromatic carbocycles. The molecule has 100 valence electrons. The van der Waals surface area contributed by atoms with Crippen molar-refractivity contribution in [1.29, 1.82) is 0 Å². The van der Waals surface area contributed by atoms with Crippen molar-refractivity contribution in [2.24, 2.45) is 0 Å². The predicted octanol–water partition coefficient (Wildman–Crippen LogP) is 3.62. The van der Waals surface area contributed by atoms with Crippen molar-refractivity contribution in [3.63, 3.8) is 0 Å². The number of hydrogen-bond donors (Lipinski definition) is 1. The zero-order valence-electron chi connectivity index (χ0n) is 10.1. The lowest BCUT2D eigenvalue weighted by Crippen LogP contribution is -2.40. The quantitative estimate of drug-likeness (QED) is 0.706. The van der Waals surface area contributed by atoms with E-state index in [2.05, 4.69) is 53.1 Å². The van der Waals surface area contributed by atoms with E-state index in [9.17, 15) is 4.79 Å². The summed E-state index contributed by atoms with van der Waals surface area (Å²) in [4.78, 5) is 11.9. The molecule has 0 fully saturated rings. The van der Waals surface area contributed by atoms with Crippen molar-refractivity contribution in [1.82, 2.24) is 5.32 Å². The Hall–Kier alpha value is -0.0700. The van der Waals surface area contributed by atoms with Crippen LogP contribution in [0.3, 0.4) is 0 Å². The molecule has 1 N–H and O–H groups in total. The molecular weight excluding hydrogens is 430 g/mol. The van der Waals surface area contributed by atoms with Gasteiger partial charge in [-0.1, -0.05) is 37.9 Å². The number of ether oxygens (including phenoxy) is 1. The van der Waals surface area contributed by atoms with Crippen molar-refractivity contribution in [3.05, 3.63) is 28.2 Å². The van der Waals surface area contributed by atoms with E-state index in [0.717, 1.165) is 15.8 Å². The van der Waals surface area contributed by atoms with Crippen LogP contribution in [0.2, 0.25) is 0 Å². The summed E-state index contributed by atoms with van der Waals surface area (Å²) < 4.78 is 5.44. The molecule has 18 heavy (non-hydrogen) atoms. The number of rotatable bonds is 5.